The van der Waals surface area contributed by atoms with Gasteiger partial charge in [0.2, 0.25) is 0 Å². The van der Waals surface area contributed by atoms with Crippen LogP contribution < -0.4 is 4.90 Å². The largest absolute Gasteiger partial charge is 0.433 e. The molecule has 0 unspecified atom stereocenters. The predicted molar refractivity (Wildman–Crippen MR) is 158 cm³/mol. The first kappa shape index (κ1) is 29.8. The summed E-state index contributed by atoms with van der Waals surface area (Å²) >= 11 is 1.30. The number of ketones is 1. The fourth-order valence-corrected chi connectivity index (χ4v) is 8.55. The molecular weight excluding hydrogens is 597 g/mol. The zero-order valence-electron chi connectivity index (χ0n) is 23.4. The number of thiazole rings is 1. The number of carbonyl (C=O) groups is 1. The predicted octanol–water partition coefficient (Wildman–Crippen LogP) is 6.66. The summed E-state index contributed by atoms with van der Waals surface area (Å²) in [5.74, 6) is -0.221. The van der Waals surface area contributed by atoms with Crippen molar-refractivity contribution in [1.82, 2.24) is 9.97 Å². The second kappa shape index (κ2) is 11.3. The number of hydrogen-bond donors (Lipinski definition) is 0. The summed E-state index contributed by atoms with van der Waals surface area (Å²) in [6.07, 6.45) is 1.48. The molecule has 3 heterocycles. The summed E-state index contributed by atoms with van der Waals surface area (Å²) < 4.78 is 64.2. The summed E-state index contributed by atoms with van der Waals surface area (Å²) in [6.45, 7) is 0.828. The molecule has 2 saturated carbocycles. The Kier molecular flexibility index (Phi) is 7.84. The summed E-state index contributed by atoms with van der Waals surface area (Å²) in [7, 11) is -3.02. The maximum absolute atomic E-state index is 13.6. The zero-order valence-corrected chi connectivity index (χ0v) is 25.1. The molecule has 1 aromatic carbocycles. The van der Waals surface area contributed by atoms with E-state index in [0.29, 0.717) is 35.8 Å². The average Bonchev–Trinajstić information content (AvgIpc) is 3.63. The van der Waals surface area contributed by atoms with Crippen molar-refractivity contribution in [1.29, 1.82) is 5.26 Å². The van der Waals surface area contributed by atoms with Crippen molar-refractivity contribution in [2.75, 3.05) is 29.5 Å². The first-order chi connectivity index (χ1) is 20.5. The second-order valence-electron chi connectivity index (χ2n) is 11.9. The zero-order chi connectivity index (χ0) is 30.4. The number of sulfone groups is 1. The molecule has 1 aliphatic heterocycles. The quantitative estimate of drug-likeness (QED) is 0.288. The highest BCUT2D eigenvalue weighted by atomic mass is 32.2. The number of hydrogen-bond acceptors (Lipinski definition) is 8. The van der Waals surface area contributed by atoms with Gasteiger partial charge in [-0.1, -0.05) is 25.0 Å². The Morgan fingerprint density at radius 3 is 2.42 bits per heavy atom. The molecule has 3 aliphatic rings. The third-order valence-corrected chi connectivity index (χ3v) is 11.7. The maximum Gasteiger partial charge on any atom is 0.433 e. The summed E-state index contributed by atoms with van der Waals surface area (Å²) in [5, 5.41) is 10.0. The van der Waals surface area contributed by atoms with Crippen LogP contribution in [-0.4, -0.2) is 48.8 Å². The van der Waals surface area contributed by atoms with Crippen LogP contribution in [0, 0.1) is 22.7 Å². The van der Waals surface area contributed by atoms with Gasteiger partial charge in [-0.3, -0.25) is 9.78 Å². The topological polar surface area (TPSA) is 104 Å². The van der Waals surface area contributed by atoms with E-state index in [1.54, 1.807) is 0 Å². The molecule has 0 spiro atoms. The van der Waals surface area contributed by atoms with Gasteiger partial charge in [-0.05, 0) is 55.5 Å². The van der Waals surface area contributed by atoms with Crippen molar-refractivity contribution in [3.8, 4) is 27.1 Å². The molecule has 1 saturated heterocycles. The number of carbonyl (C=O) groups excluding carboxylic acids is 1. The molecular formula is C31H31F3N4O3S2. The lowest BCUT2D eigenvalue weighted by molar-refractivity contribution is -0.141. The number of nitriles is 1. The Labute approximate surface area is 252 Å². The Bertz CT molecular complexity index is 1660. The van der Waals surface area contributed by atoms with Crippen molar-refractivity contribution in [2.45, 2.75) is 57.0 Å². The minimum absolute atomic E-state index is 0.0721. The molecule has 226 valence electrons. The number of benzene rings is 1. The summed E-state index contributed by atoms with van der Waals surface area (Å²) in [6, 6.07) is 12.6. The number of rotatable bonds is 7. The van der Waals surface area contributed by atoms with Crippen molar-refractivity contribution in [3.05, 3.63) is 54.0 Å². The molecule has 43 heavy (non-hydrogen) atoms. The van der Waals surface area contributed by atoms with Crippen LogP contribution in [0.15, 0.2) is 42.6 Å². The third-order valence-electron chi connectivity index (χ3n) is 8.92. The highest BCUT2D eigenvalue weighted by Crippen LogP contribution is 2.52. The lowest BCUT2D eigenvalue weighted by Gasteiger charge is -2.31. The van der Waals surface area contributed by atoms with Crippen LogP contribution in [0.3, 0.4) is 0 Å². The van der Waals surface area contributed by atoms with E-state index < -0.39 is 27.1 Å². The van der Waals surface area contributed by atoms with Gasteiger partial charge in [0.1, 0.15) is 16.5 Å². The highest BCUT2D eigenvalue weighted by Gasteiger charge is 2.47. The van der Waals surface area contributed by atoms with Crippen molar-refractivity contribution < 1.29 is 26.4 Å². The Morgan fingerprint density at radius 1 is 1.07 bits per heavy atom. The van der Waals surface area contributed by atoms with Crippen LogP contribution in [-0.2, 0) is 20.8 Å². The van der Waals surface area contributed by atoms with Gasteiger partial charge in [0.25, 0.3) is 0 Å². The SMILES string of the molecule is N#CC1(CC(=O)[C@@H]2CCCC[C@H]2c2nc(-c3ccnc(C(F)(F)F)c3)sc2-c2ccc(N3CCS(=O)(=O)CC3)cc2)CC1. The normalized spacial score (nSPS) is 23.0. The van der Waals surface area contributed by atoms with Gasteiger partial charge in [0, 0.05) is 48.8 Å². The van der Waals surface area contributed by atoms with Crippen LogP contribution >= 0.6 is 11.3 Å². The molecule has 2 aromatic heterocycles. The van der Waals surface area contributed by atoms with Crippen LogP contribution in [0.5, 0.6) is 0 Å². The number of aromatic nitrogens is 2. The van der Waals surface area contributed by atoms with Crippen LogP contribution in [0.25, 0.3) is 21.0 Å². The molecule has 0 amide bonds. The number of anilines is 1. The maximum atomic E-state index is 13.6. The monoisotopic (exact) mass is 628 g/mol. The number of alkyl halides is 3. The molecule has 0 N–H and O–H groups in total. The molecule has 0 bridgehead atoms. The van der Waals surface area contributed by atoms with Gasteiger partial charge in [0.15, 0.2) is 9.84 Å². The molecule has 3 aromatic rings. The van der Waals surface area contributed by atoms with E-state index in [2.05, 4.69) is 11.1 Å². The van der Waals surface area contributed by atoms with Crippen molar-refractivity contribution >= 4 is 32.6 Å². The number of Topliss-reactive ketones (excluding diaryl/α,β-unsaturated/α-hetero) is 1. The first-order valence-electron chi connectivity index (χ1n) is 14.5. The Balaban J connectivity index is 1.37. The molecule has 6 rings (SSSR count). The average molecular weight is 629 g/mol. The van der Waals surface area contributed by atoms with Crippen LogP contribution in [0.4, 0.5) is 18.9 Å². The number of halogens is 3. The highest BCUT2D eigenvalue weighted by molar-refractivity contribution is 7.91. The van der Waals surface area contributed by atoms with Gasteiger partial charge in [-0.2, -0.15) is 18.4 Å². The van der Waals surface area contributed by atoms with E-state index in [1.807, 2.05) is 29.2 Å². The standard InChI is InChI=1S/C31H31F3N4O3S2/c32-31(33,34)26-17-21(9-12-36-26)29-37-27(24-4-2-1-3-23(24)25(39)18-30(19-35)10-11-30)28(42-29)20-5-7-22(8-6-20)38-13-15-43(40,41)16-14-38/h5-9,12,17,23-24H,1-4,10-11,13-16,18H2/t23-,24-/m1/s1. The smallest absolute Gasteiger partial charge is 0.369 e. The van der Waals surface area contributed by atoms with Crippen molar-refractivity contribution in [3.63, 3.8) is 0 Å². The first-order valence-corrected chi connectivity index (χ1v) is 17.1. The number of pyridine rings is 1. The summed E-state index contributed by atoms with van der Waals surface area (Å²) in [5.41, 5.74) is 1.21. The van der Waals surface area contributed by atoms with E-state index in [0.717, 1.165) is 60.5 Å². The minimum atomic E-state index is -4.59. The van der Waals surface area contributed by atoms with Gasteiger partial charge < -0.3 is 4.90 Å². The second-order valence-corrected chi connectivity index (χ2v) is 15.2. The summed E-state index contributed by atoms with van der Waals surface area (Å²) in [4.78, 5) is 24.8. The van der Waals surface area contributed by atoms with Gasteiger partial charge in [-0.15, -0.1) is 11.3 Å². The Morgan fingerprint density at radius 2 is 1.77 bits per heavy atom. The van der Waals surface area contributed by atoms with E-state index in [-0.39, 0.29) is 35.5 Å². The number of nitrogens with zero attached hydrogens (tertiary/aromatic N) is 4. The van der Waals surface area contributed by atoms with Crippen LogP contribution in [0.2, 0.25) is 0 Å². The molecule has 2 atom stereocenters. The third kappa shape index (κ3) is 6.34. The fourth-order valence-electron chi connectivity index (χ4n) is 6.21. The molecule has 7 nitrogen and oxygen atoms in total. The van der Waals surface area contributed by atoms with Crippen LogP contribution in [0.1, 0.15) is 62.3 Å². The van der Waals surface area contributed by atoms with E-state index in [9.17, 15) is 31.6 Å². The minimum Gasteiger partial charge on any atom is -0.369 e. The molecule has 2 aliphatic carbocycles. The fraction of sp³-hybridized carbons (Fsp3) is 0.484. The Hall–Kier alpha value is -3.30. The molecule has 0 radical (unpaired) electrons. The lowest BCUT2D eigenvalue weighted by atomic mass is 9.73. The van der Waals surface area contributed by atoms with E-state index in [1.165, 1.54) is 17.4 Å². The van der Waals surface area contributed by atoms with E-state index in [4.69, 9.17) is 4.98 Å². The van der Waals surface area contributed by atoms with Gasteiger partial charge >= 0.3 is 6.18 Å². The molecule has 12 heteroatoms. The van der Waals surface area contributed by atoms with E-state index >= 15 is 0 Å². The van der Waals surface area contributed by atoms with Crippen molar-refractivity contribution in [2.24, 2.45) is 11.3 Å². The van der Waals surface area contributed by atoms with Gasteiger partial charge in [0.05, 0.1) is 33.6 Å². The lowest BCUT2D eigenvalue weighted by Crippen LogP contribution is -2.40. The molecule has 3 fully saturated rings. The van der Waals surface area contributed by atoms with Gasteiger partial charge in [-0.25, -0.2) is 13.4 Å².